The van der Waals surface area contributed by atoms with Gasteiger partial charge in [-0.2, -0.15) is 0 Å². The smallest absolute Gasteiger partial charge is 0.256 e. The van der Waals surface area contributed by atoms with E-state index in [4.69, 9.17) is 16.0 Å². The first-order valence-electron chi connectivity index (χ1n) is 9.13. The van der Waals surface area contributed by atoms with Gasteiger partial charge in [-0.1, -0.05) is 48.0 Å². The zero-order valence-corrected chi connectivity index (χ0v) is 16.0. The number of oxazole rings is 1. The van der Waals surface area contributed by atoms with E-state index in [0.717, 1.165) is 16.3 Å². The van der Waals surface area contributed by atoms with Crippen LogP contribution in [0, 0.1) is 0 Å². The van der Waals surface area contributed by atoms with Crippen LogP contribution in [0.25, 0.3) is 33.3 Å². The van der Waals surface area contributed by atoms with E-state index in [1.54, 1.807) is 18.2 Å². The quantitative estimate of drug-likeness (QED) is 0.374. The number of hydrogen-bond acceptors (Lipinski definition) is 3. The molecule has 0 spiro atoms. The fourth-order valence-electron chi connectivity index (χ4n) is 3.34. The molecule has 0 bridgehead atoms. The zero-order chi connectivity index (χ0) is 19.8. The maximum absolute atomic E-state index is 12.8. The second-order valence-electron chi connectivity index (χ2n) is 6.69. The molecule has 140 valence electrons. The highest BCUT2D eigenvalue weighted by atomic mass is 35.5. The highest BCUT2D eigenvalue weighted by molar-refractivity contribution is 6.31. The molecular weight excluding hydrogens is 384 g/mol. The van der Waals surface area contributed by atoms with Gasteiger partial charge in [-0.15, -0.1) is 0 Å². The first-order chi connectivity index (χ1) is 14.2. The van der Waals surface area contributed by atoms with Crippen molar-refractivity contribution >= 4 is 45.1 Å². The molecule has 0 aliphatic carbocycles. The summed E-state index contributed by atoms with van der Waals surface area (Å²) in [5.41, 5.74) is 3.55. The Balaban J connectivity index is 1.40. The summed E-state index contributed by atoms with van der Waals surface area (Å²) in [5, 5.41) is 5.53. The molecule has 1 aromatic heterocycles. The van der Waals surface area contributed by atoms with Gasteiger partial charge in [0.2, 0.25) is 5.89 Å². The van der Waals surface area contributed by atoms with E-state index in [9.17, 15) is 4.79 Å². The highest BCUT2D eigenvalue weighted by Gasteiger charge is 2.12. The summed E-state index contributed by atoms with van der Waals surface area (Å²) >= 11 is 6.01. The van der Waals surface area contributed by atoms with Gasteiger partial charge in [0, 0.05) is 21.8 Å². The number of anilines is 1. The maximum atomic E-state index is 12.8. The van der Waals surface area contributed by atoms with Crippen LogP contribution in [-0.2, 0) is 0 Å². The summed E-state index contributed by atoms with van der Waals surface area (Å²) in [4.78, 5) is 17.3. The minimum absolute atomic E-state index is 0.147. The van der Waals surface area contributed by atoms with Crippen LogP contribution < -0.4 is 5.32 Å². The Morgan fingerprint density at radius 3 is 2.55 bits per heavy atom. The minimum Gasteiger partial charge on any atom is -0.436 e. The third-order valence-electron chi connectivity index (χ3n) is 4.77. The standard InChI is InChI=1S/C24H15ClN2O2/c25-17-10-13-22-21(14-17)27-24(29-22)16-8-11-18(12-9-16)26-23(28)20-7-3-5-15-4-1-2-6-19(15)20/h1-14H,(H,26,28). The average Bonchev–Trinajstić information content (AvgIpc) is 3.17. The Hall–Kier alpha value is -3.63. The number of amides is 1. The van der Waals surface area contributed by atoms with Gasteiger partial charge in [0.15, 0.2) is 5.58 Å². The monoisotopic (exact) mass is 398 g/mol. The molecule has 5 heteroatoms. The van der Waals surface area contributed by atoms with Crippen LogP contribution in [0.15, 0.2) is 89.3 Å². The van der Waals surface area contributed by atoms with Crippen molar-refractivity contribution in [3.8, 4) is 11.5 Å². The number of nitrogens with zero attached hydrogens (tertiary/aromatic N) is 1. The van der Waals surface area contributed by atoms with Crippen LogP contribution in [0.3, 0.4) is 0 Å². The Bertz CT molecular complexity index is 1350. The number of halogens is 1. The number of hydrogen-bond donors (Lipinski definition) is 1. The first-order valence-corrected chi connectivity index (χ1v) is 9.51. The predicted molar refractivity (Wildman–Crippen MR) is 116 cm³/mol. The van der Waals surface area contributed by atoms with E-state index in [0.29, 0.717) is 33.3 Å². The molecule has 0 saturated carbocycles. The SMILES string of the molecule is O=C(Nc1ccc(-c2nc3cc(Cl)ccc3o2)cc1)c1cccc2ccccc12. The van der Waals surface area contributed by atoms with E-state index in [1.165, 1.54) is 0 Å². The van der Waals surface area contributed by atoms with E-state index >= 15 is 0 Å². The van der Waals surface area contributed by atoms with Gasteiger partial charge in [-0.25, -0.2) is 4.98 Å². The summed E-state index contributed by atoms with van der Waals surface area (Å²) < 4.78 is 5.79. The molecule has 0 fully saturated rings. The van der Waals surface area contributed by atoms with Crippen molar-refractivity contribution in [3.63, 3.8) is 0 Å². The third-order valence-corrected chi connectivity index (χ3v) is 5.01. The lowest BCUT2D eigenvalue weighted by atomic mass is 10.0. The molecule has 0 atom stereocenters. The number of carbonyl (C=O) groups excluding carboxylic acids is 1. The zero-order valence-electron chi connectivity index (χ0n) is 15.2. The van der Waals surface area contributed by atoms with Gasteiger partial charge in [-0.3, -0.25) is 4.79 Å². The molecule has 29 heavy (non-hydrogen) atoms. The van der Waals surface area contributed by atoms with Gasteiger partial charge in [0.25, 0.3) is 5.91 Å². The minimum atomic E-state index is -0.147. The van der Waals surface area contributed by atoms with Crippen LogP contribution >= 0.6 is 11.6 Å². The van der Waals surface area contributed by atoms with Gasteiger partial charge in [0.1, 0.15) is 5.52 Å². The Morgan fingerprint density at radius 1 is 0.897 bits per heavy atom. The molecule has 4 aromatic carbocycles. The molecule has 1 N–H and O–H groups in total. The van der Waals surface area contributed by atoms with Crippen molar-refractivity contribution in [2.45, 2.75) is 0 Å². The summed E-state index contributed by atoms with van der Waals surface area (Å²) in [5.74, 6) is 0.361. The van der Waals surface area contributed by atoms with Crippen LogP contribution in [0.2, 0.25) is 5.02 Å². The van der Waals surface area contributed by atoms with E-state index in [1.807, 2.05) is 66.7 Å². The normalized spacial score (nSPS) is 11.1. The molecule has 1 heterocycles. The topological polar surface area (TPSA) is 55.1 Å². The van der Waals surface area contributed by atoms with E-state index in [-0.39, 0.29) is 5.91 Å². The van der Waals surface area contributed by atoms with Crippen molar-refractivity contribution in [1.29, 1.82) is 0 Å². The molecule has 0 saturated heterocycles. The van der Waals surface area contributed by atoms with E-state index in [2.05, 4.69) is 10.3 Å². The van der Waals surface area contributed by atoms with Crippen molar-refractivity contribution in [3.05, 3.63) is 95.5 Å². The number of fused-ring (bicyclic) bond motifs is 2. The van der Waals surface area contributed by atoms with Crippen LogP contribution in [0.1, 0.15) is 10.4 Å². The summed E-state index contributed by atoms with van der Waals surface area (Å²) in [6, 6.07) is 26.3. The lowest BCUT2D eigenvalue weighted by molar-refractivity contribution is 0.102. The summed E-state index contributed by atoms with van der Waals surface area (Å²) in [6.45, 7) is 0. The number of aromatic nitrogens is 1. The lowest BCUT2D eigenvalue weighted by Gasteiger charge is -2.08. The van der Waals surface area contributed by atoms with Gasteiger partial charge >= 0.3 is 0 Å². The molecule has 0 aliphatic rings. The Kier molecular flexibility index (Phi) is 4.26. The number of nitrogens with one attached hydrogen (secondary N) is 1. The molecular formula is C24H15ClN2O2. The number of benzene rings is 4. The largest absolute Gasteiger partial charge is 0.436 e. The second-order valence-corrected chi connectivity index (χ2v) is 7.13. The average molecular weight is 399 g/mol. The summed E-state index contributed by atoms with van der Waals surface area (Å²) in [7, 11) is 0. The number of rotatable bonds is 3. The Morgan fingerprint density at radius 2 is 1.69 bits per heavy atom. The predicted octanol–water partition coefficient (Wildman–Crippen LogP) is 6.55. The van der Waals surface area contributed by atoms with Crippen LogP contribution in [0.5, 0.6) is 0 Å². The molecule has 5 rings (SSSR count). The molecule has 5 aromatic rings. The molecule has 0 unspecified atom stereocenters. The van der Waals surface area contributed by atoms with Gasteiger partial charge in [0.05, 0.1) is 0 Å². The Labute approximate surface area is 171 Å². The first kappa shape index (κ1) is 17.5. The fraction of sp³-hybridized carbons (Fsp3) is 0. The fourth-order valence-corrected chi connectivity index (χ4v) is 3.51. The summed E-state index contributed by atoms with van der Waals surface area (Å²) in [6.07, 6.45) is 0. The second kappa shape index (κ2) is 7.08. The van der Waals surface area contributed by atoms with Gasteiger partial charge < -0.3 is 9.73 Å². The molecule has 1 amide bonds. The van der Waals surface area contributed by atoms with Gasteiger partial charge in [-0.05, 0) is 59.3 Å². The van der Waals surface area contributed by atoms with Crippen molar-refractivity contribution in [2.75, 3.05) is 5.32 Å². The highest BCUT2D eigenvalue weighted by Crippen LogP contribution is 2.27. The molecule has 0 radical (unpaired) electrons. The van der Waals surface area contributed by atoms with Crippen LogP contribution in [0.4, 0.5) is 5.69 Å². The lowest BCUT2D eigenvalue weighted by Crippen LogP contribution is -2.12. The van der Waals surface area contributed by atoms with Crippen molar-refractivity contribution in [2.24, 2.45) is 0 Å². The van der Waals surface area contributed by atoms with Crippen molar-refractivity contribution < 1.29 is 9.21 Å². The van der Waals surface area contributed by atoms with Crippen LogP contribution in [-0.4, -0.2) is 10.9 Å². The maximum Gasteiger partial charge on any atom is 0.256 e. The molecule has 0 aliphatic heterocycles. The van der Waals surface area contributed by atoms with E-state index < -0.39 is 0 Å². The van der Waals surface area contributed by atoms with Crippen molar-refractivity contribution in [1.82, 2.24) is 4.98 Å². The molecule has 4 nitrogen and oxygen atoms in total. The number of carbonyl (C=O) groups is 1. The third kappa shape index (κ3) is 3.35.